The van der Waals surface area contributed by atoms with Crippen molar-refractivity contribution < 1.29 is 24.5 Å². The summed E-state index contributed by atoms with van der Waals surface area (Å²) in [6, 6.07) is 6.17. The molecular weight excluding hydrogens is 551 g/mol. The molecule has 1 saturated carbocycles. The second-order valence-electron chi connectivity index (χ2n) is 10.7. The van der Waals surface area contributed by atoms with Gasteiger partial charge in [0, 0.05) is 30.2 Å². The van der Waals surface area contributed by atoms with Gasteiger partial charge in [-0.05, 0) is 56.0 Å². The summed E-state index contributed by atoms with van der Waals surface area (Å²) in [7, 11) is 1.72. The van der Waals surface area contributed by atoms with Crippen LogP contribution in [0.2, 0.25) is 15.1 Å². The molecule has 2 bridgehead atoms. The van der Waals surface area contributed by atoms with E-state index in [-0.39, 0.29) is 46.1 Å². The molecule has 2 aromatic carbocycles. The highest BCUT2D eigenvalue weighted by molar-refractivity contribution is 6.40. The van der Waals surface area contributed by atoms with Crippen molar-refractivity contribution in [3.63, 3.8) is 0 Å². The number of phenolic OH excluding ortho intramolecular Hbond substituents is 1. The van der Waals surface area contributed by atoms with Crippen LogP contribution in [-0.2, 0) is 16.6 Å². The van der Waals surface area contributed by atoms with Gasteiger partial charge in [-0.1, -0.05) is 46.9 Å². The number of benzene rings is 2. The van der Waals surface area contributed by atoms with E-state index in [1.54, 1.807) is 18.0 Å². The molecule has 202 valence electrons. The molecule has 2 aliphatic heterocycles. The Balaban J connectivity index is 1.33. The smallest absolute Gasteiger partial charge is 0.260 e. The quantitative estimate of drug-likeness (QED) is 0.487. The minimum Gasteiger partial charge on any atom is -0.504 e. The lowest BCUT2D eigenvalue weighted by Crippen LogP contribution is -2.78. The summed E-state index contributed by atoms with van der Waals surface area (Å²) in [5.74, 6) is 0.412. The van der Waals surface area contributed by atoms with Gasteiger partial charge in [0.25, 0.3) is 5.91 Å². The van der Waals surface area contributed by atoms with Crippen LogP contribution in [0, 0.1) is 0 Å². The van der Waals surface area contributed by atoms with E-state index in [0.29, 0.717) is 43.0 Å². The molecule has 6 rings (SSSR count). The fraction of sp³-hybridized carbons (Fsp3) is 0.464. The number of phenols is 1. The topological polar surface area (TPSA) is 82.5 Å². The number of ether oxygens (including phenoxy) is 2. The summed E-state index contributed by atoms with van der Waals surface area (Å²) in [6.07, 6.45) is 3.70. The summed E-state index contributed by atoms with van der Waals surface area (Å²) in [5, 5.41) is 24.1. The summed E-state index contributed by atoms with van der Waals surface area (Å²) in [6.45, 7) is 5.08. The Kier molecular flexibility index (Phi) is 6.32. The Hall–Kier alpha value is -2.16. The number of piperidine rings is 1. The molecular formula is C28H29Cl3N2O5. The number of hydrogen-bond acceptors (Lipinski definition) is 6. The Morgan fingerprint density at radius 3 is 2.74 bits per heavy atom. The second kappa shape index (κ2) is 9.20. The molecule has 0 aromatic heterocycles. The highest BCUT2D eigenvalue weighted by atomic mass is 35.5. The first-order valence-electron chi connectivity index (χ1n) is 12.7. The number of nitrogens with zero attached hydrogens (tertiary/aromatic N) is 2. The molecule has 7 nitrogen and oxygen atoms in total. The zero-order valence-corrected chi connectivity index (χ0v) is 23.2. The first-order chi connectivity index (χ1) is 18.1. The number of aromatic hydroxyl groups is 1. The van der Waals surface area contributed by atoms with Crippen molar-refractivity contribution in [3.05, 3.63) is 63.1 Å². The number of hydrogen-bond donors (Lipinski definition) is 2. The van der Waals surface area contributed by atoms with E-state index in [2.05, 4.69) is 11.5 Å². The molecule has 5 atom stereocenters. The number of carbonyl (C=O) groups is 1. The van der Waals surface area contributed by atoms with E-state index >= 15 is 0 Å². The van der Waals surface area contributed by atoms with Crippen LogP contribution in [0.4, 0.5) is 0 Å². The van der Waals surface area contributed by atoms with Gasteiger partial charge in [0.1, 0.15) is 6.10 Å². The van der Waals surface area contributed by atoms with Gasteiger partial charge in [0.15, 0.2) is 23.9 Å². The number of amides is 1. The number of aliphatic hydroxyl groups is 1. The molecule has 4 aliphatic rings. The van der Waals surface area contributed by atoms with Gasteiger partial charge >= 0.3 is 0 Å². The lowest BCUT2D eigenvalue weighted by molar-refractivity contribution is -0.198. The third-order valence-corrected chi connectivity index (χ3v) is 9.88. The molecule has 2 aromatic rings. The minimum absolute atomic E-state index is 0.0601. The third-order valence-electron chi connectivity index (χ3n) is 9.10. The normalized spacial score (nSPS) is 30.8. The maximum atomic E-state index is 13.4. The standard InChI is InChI=1S/C28H29Cl3N2O5/c1-3-9-33-10-8-27-23-15-4-5-20(34)25(23)38-26(27)19(6-7-28(27,36)21(33)11-15)32(2)22(35)14-37-24-17(30)12-16(29)13-18(24)31/h3-5,12-13,19,21,26,34,36H,1,6-11,14H2,2H3/t19-,21-,26+,27+,28-/m1/s1. The first kappa shape index (κ1) is 26.1. The van der Waals surface area contributed by atoms with Crippen molar-refractivity contribution in [2.45, 2.75) is 54.9 Å². The van der Waals surface area contributed by atoms with E-state index in [1.165, 1.54) is 12.1 Å². The maximum Gasteiger partial charge on any atom is 0.260 e. The summed E-state index contributed by atoms with van der Waals surface area (Å²) in [4.78, 5) is 17.3. The van der Waals surface area contributed by atoms with E-state index in [1.807, 2.05) is 12.1 Å². The molecule has 38 heavy (non-hydrogen) atoms. The minimum atomic E-state index is -1.06. The average Bonchev–Trinajstić information content (AvgIpc) is 3.22. The number of halogens is 3. The van der Waals surface area contributed by atoms with E-state index in [4.69, 9.17) is 44.3 Å². The van der Waals surface area contributed by atoms with Gasteiger partial charge < -0.3 is 24.6 Å². The highest BCUT2D eigenvalue weighted by Gasteiger charge is 2.73. The van der Waals surface area contributed by atoms with E-state index in [0.717, 1.165) is 17.7 Å². The van der Waals surface area contributed by atoms with Gasteiger partial charge in [0.2, 0.25) is 0 Å². The molecule has 2 fully saturated rings. The van der Waals surface area contributed by atoms with Crippen LogP contribution in [0.3, 0.4) is 0 Å². The lowest BCUT2D eigenvalue weighted by Gasteiger charge is -2.64. The lowest BCUT2D eigenvalue weighted by atomic mass is 9.48. The SMILES string of the molecule is C=CCN1CC[C@]23c4c5ccc(O)c4O[C@H]2[C@H](N(C)C(=O)COc2c(Cl)cc(Cl)cc2Cl)CC[C@@]3(O)[C@H]1C5. The van der Waals surface area contributed by atoms with Crippen molar-refractivity contribution in [1.29, 1.82) is 0 Å². The maximum absolute atomic E-state index is 13.4. The predicted octanol–water partition coefficient (Wildman–Crippen LogP) is 4.60. The molecule has 0 unspecified atom stereocenters. The van der Waals surface area contributed by atoms with Gasteiger partial charge in [-0.25, -0.2) is 0 Å². The van der Waals surface area contributed by atoms with Gasteiger partial charge in [-0.15, -0.1) is 6.58 Å². The fourth-order valence-electron chi connectivity index (χ4n) is 7.47. The summed E-state index contributed by atoms with van der Waals surface area (Å²) in [5.41, 5.74) is 0.180. The second-order valence-corrected chi connectivity index (χ2v) is 12.0. The summed E-state index contributed by atoms with van der Waals surface area (Å²) >= 11 is 18.4. The van der Waals surface area contributed by atoms with Crippen molar-refractivity contribution in [2.75, 3.05) is 26.7 Å². The van der Waals surface area contributed by atoms with Crippen LogP contribution in [0.1, 0.15) is 30.4 Å². The molecule has 1 spiro atoms. The predicted molar refractivity (Wildman–Crippen MR) is 146 cm³/mol. The largest absolute Gasteiger partial charge is 0.504 e. The van der Waals surface area contributed by atoms with Crippen LogP contribution < -0.4 is 9.47 Å². The van der Waals surface area contributed by atoms with Crippen LogP contribution in [0.5, 0.6) is 17.2 Å². The number of rotatable bonds is 6. The zero-order valence-electron chi connectivity index (χ0n) is 20.9. The molecule has 2 aliphatic carbocycles. The first-order valence-corrected chi connectivity index (χ1v) is 13.9. The average molecular weight is 580 g/mol. The van der Waals surface area contributed by atoms with Crippen molar-refractivity contribution in [3.8, 4) is 17.2 Å². The molecule has 10 heteroatoms. The third kappa shape index (κ3) is 3.52. The van der Waals surface area contributed by atoms with Gasteiger partial charge in [-0.2, -0.15) is 0 Å². The van der Waals surface area contributed by atoms with Crippen LogP contribution in [-0.4, -0.2) is 76.5 Å². The van der Waals surface area contributed by atoms with Crippen molar-refractivity contribution in [2.24, 2.45) is 0 Å². The van der Waals surface area contributed by atoms with Crippen molar-refractivity contribution in [1.82, 2.24) is 9.80 Å². The molecule has 1 amide bonds. The van der Waals surface area contributed by atoms with E-state index < -0.39 is 17.1 Å². The number of likely N-dealkylation sites (tertiary alicyclic amines) is 1. The Labute approximate surface area is 236 Å². The Morgan fingerprint density at radius 1 is 1.29 bits per heavy atom. The Morgan fingerprint density at radius 2 is 2.03 bits per heavy atom. The summed E-state index contributed by atoms with van der Waals surface area (Å²) < 4.78 is 12.2. The zero-order chi connectivity index (χ0) is 27.0. The van der Waals surface area contributed by atoms with Crippen LogP contribution >= 0.6 is 34.8 Å². The van der Waals surface area contributed by atoms with Crippen LogP contribution in [0.25, 0.3) is 0 Å². The fourth-order valence-corrected chi connectivity index (χ4v) is 8.40. The number of likely N-dealkylation sites (N-methyl/N-ethyl adjacent to an activating group) is 1. The van der Waals surface area contributed by atoms with Crippen LogP contribution in [0.15, 0.2) is 36.9 Å². The number of carbonyl (C=O) groups excluding carboxylic acids is 1. The highest BCUT2D eigenvalue weighted by Crippen LogP contribution is 2.65. The molecule has 0 radical (unpaired) electrons. The van der Waals surface area contributed by atoms with E-state index in [9.17, 15) is 15.0 Å². The van der Waals surface area contributed by atoms with Gasteiger partial charge in [0.05, 0.1) is 27.1 Å². The monoisotopic (exact) mass is 578 g/mol. The molecule has 2 N–H and O–H groups in total. The van der Waals surface area contributed by atoms with Gasteiger partial charge in [-0.3, -0.25) is 9.69 Å². The molecule has 1 saturated heterocycles. The van der Waals surface area contributed by atoms with Crippen molar-refractivity contribution >= 4 is 40.7 Å². The molecule has 2 heterocycles. The Bertz CT molecular complexity index is 1310.